The number of aliphatic carboxylic acids is 2. The molecule has 0 radical (unpaired) electrons. The molecule has 0 saturated heterocycles. The number of hydrogen-bond donors (Lipinski definition) is 2. The predicted octanol–water partition coefficient (Wildman–Crippen LogP) is -0.916. The molecule has 0 fully saturated rings. The monoisotopic (exact) mass is 282 g/mol. The number of nitrogens with zero attached hydrogens (tertiary/aromatic N) is 1. The first-order valence-corrected chi connectivity index (χ1v) is 6.14. The molecule has 1 rings (SSSR count). The molecule has 0 saturated carbocycles. The largest absolute Gasteiger partial charge is 0.544 e. The highest BCUT2D eigenvalue weighted by Crippen LogP contribution is 2.01. The Labute approximate surface area is 119 Å². The first kappa shape index (κ1) is 18.1. The molecular formula is C14H22N2O4. The third kappa shape index (κ3) is 10.0. The Balaban J connectivity index is 0.000000396. The molecule has 20 heavy (non-hydrogen) atoms. The lowest BCUT2D eigenvalue weighted by molar-refractivity contribution is -0.864. The number of carboxylic acid groups (broad SMARTS) is 2. The van der Waals surface area contributed by atoms with Crippen LogP contribution in [0.3, 0.4) is 0 Å². The molecule has 3 N–H and O–H groups in total. The second kappa shape index (κ2) is 8.29. The maximum Gasteiger partial charge on any atom is 0.320 e. The highest BCUT2D eigenvalue weighted by atomic mass is 16.4. The Morgan fingerprint density at radius 1 is 1.25 bits per heavy atom. The van der Waals surface area contributed by atoms with Crippen LogP contribution in [0, 0.1) is 0 Å². The molecule has 0 aliphatic carbocycles. The van der Waals surface area contributed by atoms with Gasteiger partial charge in [0.05, 0.1) is 27.1 Å². The van der Waals surface area contributed by atoms with Crippen LogP contribution in [0.15, 0.2) is 30.3 Å². The number of benzene rings is 1. The summed E-state index contributed by atoms with van der Waals surface area (Å²) < 4.78 is 0.419. The highest BCUT2D eigenvalue weighted by molar-refractivity contribution is 5.73. The third-order valence-electron chi connectivity index (χ3n) is 2.22. The minimum atomic E-state index is -1.00. The molecule has 0 bridgehead atoms. The number of carbonyl (C=O) groups is 2. The van der Waals surface area contributed by atoms with E-state index < -0.39 is 18.0 Å². The van der Waals surface area contributed by atoms with Gasteiger partial charge >= 0.3 is 5.97 Å². The van der Waals surface area contributed by atoms with Gasteiger partial charge in [0.15, 0.2) is 0 Å². The summed E-state index contributed by atoms with van der Waals surface area (Å²) in [5, 5.41) is 18.4. The van der Waals surface area contributed by atoms with Crippen molar-refractivity contribution >= 4 is 11.9 Å². The first-order valence-electron chi connectivity index (χ1n) is 6.14. The van der Waals surface area contributed by atoms with E-state index in [1.165, 1.54) is 0 Å². The number of carboxylic acids is 2. The standard InChI is InChI=1S/C9H11NO2.C5H11NO2/c10-8(9(11)12)6-7-4-2-1-3-5-7;1-6(2,3)4-5(7)8/h1-5,8H,6,10H2,(H,11,12);4H2,1-3H3/t8-;/m0./s1. The van der Waals surface area contributed by atoms with E-state index in [2.05, 4.69) is 0 Å². The van der Waals surface area contributed by atoms with Gasteiger partial charge in [0.1, 0.15) is 12.6 Å². The van der Waals surface area contributed by atoms with E-state index in [0.29, 0.717) is 10.9 Å². The van der Waals surface area contributed by atoms with Gasteiger partial charge in [0, 0.05) is 0 Å². The number of carbonyl (C=O) groups excluding carboxylic acids is 1. The van der Waals surface area contributed by atoms with E-state index >= 15 is 0 Å². The summed E-state index contributed by atoms with van der Waals surface area (Å²) in [6, 6.07) is 8.54. The van der Waals surface area contributed by atoms with Crippen LogP contribution in [0.5, 0.6) is 0 Å². The average molecular weight is 282 g/mol. The average Bonchev–Trinajstić information content (AvgIpc) is 2.27. The summed E-state index contributed by atoms with van der Waals surface area (Å²) in [6.07, 6.45) is 0.385. The van der Waals surface area contributed by atoms with Crippen LogP contribution in [0.1, 0.15) is 5.56 Å². The zero-order chi connectivity index (χ0) is 15.8. The van der Waals surface area contributed by atoms with Gasteiger partial charge in [-0.2, -0.15) is 0 Å². The Morgan fingerprint density at radius 2 is 1.75 bits per heavy atom. The minimum absolute atomic E-state index is 0.0694. The fourth-order valence-corrected chi connectivity index (χ4v) is 1.34. The summed E-state index contributed by atoms with van der Waals surface area (Å²) in [4.78, 5) is 20.3. The van der Waals surface area contributed by atoms with Crippen LogP contribution < -0.4 is 10.8 Å². The molecule has 1 atom stereocenters. The lowest BCUT2D eigenvalue weighted by Gasteiger charge is -2.23. The van der Waals surface area contributed by atoms with Crippen LogP contribution in [-0.4, -0.2) is 55.3 Å². The van der Waals surface area contributed by atoms with Crippen LogP contribution >= 0.6 is 0 Å². The normalized spacial score (nSPS) is 12.0. The van der Waals surface area contributed by atoms with E-state index in [1.54, 1.807) is 21.1 Å². The molecule has 1 aromatic carbocycles. The van der Waals surface area contributed by atoms with E-state index in [9.17, 15) is 14.7 Å². The minimum Gasteiger partial charge on any atom is -0.544 e. The van der Waals surface area contributed by atoms with Crippen LogP contribution in [-0.2, 0) is 16.0 Å². The molecule has 6 nitrogen and oxygen atoms in total. The molecule has 6 heteroatoms. The van der Waals surface area contributed by atoms with E-state index in [0.717, 1.165) is 5.56 Å². The Bertz CT molecular complexity index is 427. The van der Waals surface area contributed by atoms with Gasteiger partial charge in [0.25, 0.3) is 0 Å². The van der Waals surface area contributed by atoms with Gasteiger partial charge in [-0.05, 0) is 12.0 Å². The molecular weight excluding hydrogens is 260 g/mol. The lowest BCUT2D eigenvalue weighted by Crippen LogP contribution is -2.45. The summed E-state index contributed by atoms with van der Waals surface area (Å²) in [5.41, 5.74) is 6.30. The van der Waals surface area contributed by atoms with Gasteiger partial charge < -0.3 is 25.2 Å². The maximum absolute atomic E-state index is 10.4. The third-order valence-corrected chi connectivity index (χ3v) is 2.22. The van der Waals surface area contributed by atoms with Gasteiger partial charge in [-0.15, -0.1) is 0 Å². The van der Waals surface area contributed by atoms with E-state index in [1.807, 2.05) is 30.3 Å². The summed E-state index contributed by atoms with van der Waals surface area (Å²) in [5.74, 6) is -1.96. The Morgan fingerprint density at radius 3 is 2.05 bits per heavy atom. The molecule has 112 valence electrons. The molecule has 0 aliphatic heterocycles. The van der Waals surface area contributed by atoms with Crippen molar-refractivity contribution in [2.75, 3.05) is 27.7 Å². The maximum atomic E-state index is 10.4. The topological polar surface area (TPSA) is 103 Å². The highest BCUT2D eigenvalue weighted by Gasteiger charge is 2.10. The molecule has 1 aromatic rings. The number of rotatable bonds is 5. The molecule has 0 unspecified atom stereocenters. The van der Waals surface area contributed by atoms with Crippen molar-refractivity contribution in [1.29, 1.82) is 0 Å². The van der Waals surface area contributed by atoms with Gasteiger partial charge in [0.2, 0.25) is 0 Å². The second-order valence-electron chi connectivity index (χ2n) is 5.45. The van der Waals surface area contributed by atoms with Crippen molar-refractivity contribution in [1.82, 2.24) is 0 Å². The zero-order valence-electron chi connectivity index (χ0n) is 12.1. The number of nitrogens with two attached hydrogens (primary N) is 1. The first-order chi connectivity index (χ1) is 9.11. The number of hydrogen-bond acceptors (Lipinski definition) is 4. The van der Waals surface area contributed by atoms with Crippen molar-refractivity contribution in [2.45, 2.75) is 12.5 Å². The quantitative estimate of drug-likeness (QED) is 0.680. The van der Waals surface area contributed by atoms with E-state index in [4.69, 9.17) is 10.8 Å². The smallest absolute Gasteiger partial charge is 0.320 e. The molecule has 0 spiro atoms. The van der Waals surface area contributed by atoms with Crippen molar-refractivity contribution in [3.05, 3.63) is 35.9 Å². The summed E-state index contributed by atoms with van der Waals surface area (Å²) in [7, 11) is 5.40. The molecule has 0 aliphatic rings. The summed E-state index contributed by atoms with van der Waals surface area (Å²) in [6.45, 7) is 0.0694. The molecule has 0 heterocycles. The fourth-order valence-electron chi connectivity index (χ4n) is 1.34. The number of likely N-dealkylation sites (N-methyl/N-ethyl adjacent to an activating group) is 1. The zero-order valence-corrected chi connectivity index (χ0v) is 12.1. The van der Waals surface area contributed by atoms with Crippen molar-refractivity contribution in [3.8, 4) is 0 Å². The Hall–Kier alpha value is -1.92. The van der Waals surface area contributed by atoms with Crippen molar-refractivity contribution < 1.29 is 24.3 Å². The van der Waals surface area contributed by atoms with E-state index in [-0.39, 0.29) is 6.54 Å². The van der Waals surface area contributed by atoms with Gasteiger partial charge in [-0.3, -0.25) is 4.79 Å². The molecule has 0 aromatic heterocycles. The van der Waals surface area contributed by atoms with Crippen LogP contribution in [0.4, 0.5) is 0 Å². The van der Waals surface area contributed by atoms with Crippen molar-refractivity contribution in [3.63, 3.8) is 0 Å². The van der Waals surface area contributed by atoms with Crippen LogP contribution in [0.25, 0.3) is 0 Å². The molecule has 0 amide bonds. The SMILES string of the molecule is C[N+](C)(C)CC(=O)[O-].N[C@@H](Cc1ccccc1)C(=O)O. The summed E-state index contributed by atoms with van der Waals surface area (Å²) >= 11 is 0. The Kier molecular flexibility index (Phi) is 7.49. The second-order valence-corrected chi connectivity index (χ2v) is 5.45. The fraction of sp³-hybridized carbons (Fsp3) is 0.429. The van der Waals surface area contributed by atoms with Gasteiger partial charge in [-0.25, -0.2) is 0 Å². The lowest BCUT2D eigenvalue weighted by atomic mass is 10.1. The van der Waals surface area contributed by atoms with Crippen LogP contribution in [0.2, 0.25) is 0 Å². The van der Waals surface area contributed by atoms with Crippen molar-refractivity contribution in [2.24, 2.45) is 5.73 Å². The number of quaternary nitrogens is 1. The predicted molar refractivity (Wildman–Crippen MR) is 73.7 cm³/mol. The van der Waals surface area contributed by atoms with Gasteiger partial charge in [-0.1, -0.05) is 30.3 Å².